The fraction of sp³-hybridized carbons (Fsp3) is 0.192. The number of hydrogen-bond acceptors (Lipinski definition) is 7. The first-order valence-electron chi connectivity index (χ1n) is 11.4. The van der Waals surface area contributed by atoms with Crippen molar-refractivity contribution < 1.29 is 28.3 Å². The Morgan fingerprint density at radius 3 is 2.81 bits per heavy atom. The van der Waals surface area contributed by atoms with E-state index in [-0.39, 0.29) is 18.0 Å². The van der Waals surface area contributed by atoms with E-state index in [0.717, 1.165) is 26.8 Å². The molecule has 0 unspecified atom stereocenters. The number of carboxylic acid groups (broad SMARTS) is 1. The van der Waals surface area contributed by atoms with Crippen molar-refractivity contribution in [2.75, 3.05) is 5.75 Å². The fourth-order valence-corrected chi connectivity index (χ4v) is 7.33. The lowest BCUT2D eigenvalue weighted by Crippen LogP contribution is -2.70. The van der Waals surface area contributed by atoms with E-state index in [2.05, 4.69) is 5.32 Å². The molecule has 0 aliphatic carbocycles. The van der Waals surface area contributed by atoms with Crippen molar-refractivity contribution in [1.82, 2.24) is 10.2 Å². The number of aliphatic carboxylic acids is 1. The molecule has 2 amide bonds. The van der Waals surface area contributed by atoms with Crippen molar-refractivity contribution in [1.29, 1.82) is 0 Å². The summed E-state index contributed by atoms with van der Waals surface area (Å²) >= 11 is 8.78. The molecular weight excluding hydrogens is 536 g/mol. The molecule has 0 saturated carbocycles. The van der Waals surface area contributed by atoms with Gasteiger partial charge in [-0.1, -0.05) is 30.0 Å². The Morgan fingerprint density at radius 1 is 1.19 bits per heavy atom. The van der Waals surface area contributed by atoms with Crippen molar-refractivity contribution in [2.45, 2.75) is 28.6 Å². The monoisotopic (exact) mass is 554 g/mol. The molecule has 1 saturated heterocycles. The van der Waals surface area contributed by atoms with Crippen LogP contribution >= 0.6 is 35.1 Å². The van der Waals surface area contributed by atoms with Crippen LogP contribution < -0.4 is 5.32 Å². The van der Waals surface area contributed by atoms with Gasteiger partial charge >= 0.3 is 5.97 Å². The molecule has 0 spiro atoms. The largest absolute Gasteiger partial charge is 0.477 e. The zero-order valence-corrected chi connectivity index (χ0v) is 21.5. The lowest BCUT2D eigenvalue weighted by Gasteiger charge is -2.49. The molecule has 0 bridgehead atoms. The Morgan fingerprint density at radius 2 is 2.05 bits per heavy atom. The molecule has 8 nitrogen and oxygen atoms in total. The maximum Gasteiger partial charge on any atom is 0.353 e. The van der Waals surface area contributed by atoms with Crippen LogP contribution in [-0.2, 0) is 26.7 Å². The van der Waals surface area contributed by atoms with Gasteiger partial charge in [0, 0.05) is 31.9 Å². The summed E-state index contributed by atoms with van der Waals surface area (Å²) in [6, 6.07) is 14.1. The summed E-state index contributed by atoms with van der Waals surface area (Å²) in [5.41, 5.74) is 2.26. The second-order valence-corrected chi connectivity index (χ2v) is 11.1. The van der Waals surface area contributed by atoms with E-state index in [9.17, 15) is 19.5 Å². The highest BCUT2D eigenvalue weighted by molar-refractivity contribution is 8.06. The summed E-state index contributed by atoms with van der Waals surface area (Å²) in [6.07, 6.45) is 1.48. The van der Waals surface area contributed by atoms with Gasteiger partial charge in [0.1, 0.15) is 34.0 Å². The Hall–Kier alpha value is -3.34. The second kappa shape index (κ2) is 9.51. The van der Waals surface area contributed by atoms with Crippen molar-refractivity contribution in [2.24, 2.45) is 0 Å². The Kier molecular flexibility index (Phi) is 6.18. The van der Waals surface area contributed by atoms with Crippen LogP contribution in [0.5, 0.6) is 0 Å². The van der Waals surface area contributed by atoms with Crippen LogP contribution in [0.25, 0.3) is 21.9 Å². The number of carboxylic acids is 1. The van der Waals surface area contributed by atoms with Crippen LogP contribution in [0.15, 0.2) is 79.1 Å². The van der Waals surface area contributed by atoms with Gasteiger partial charge in [-0.15, -0.1) is 23.4 Å². The molecule has 2 aliphatic heterocycles. The lowest BCUT2D eigenvalue weighted by atomic mass is 10.0. The maximum atomic E-state index is 12.9. The van der Waals surface area contributed by atoms with E-state index in [1.165, 1.54) is 34.7 Å². The number of furan rings is 2. The molecule has 188 valence electrons. The van der Waals surface area contributed by atoms with Crippen LogP contribution in [0.4, 0.5) is 0 Å². The topological polar surface area (TPSA) is 113 Å². The smallest absolute Gasteiger partial charge is 0.353 e. The third-order valence-electron chi connectivity index (χ3n) is 6.30. The Labute approximate surface area is 224 Å². The summed E-state index contributed by atoms with van der Waals surface area (Å²) in [7, 11) is 0. The van der Waals surface area contributed by atoms with E-state index in [0.29, 0.717) is 27.9 Å². The van der Waals surface area contributed by atoms with E-state index < -0.39 is 23.3 Å². The van der Waals surface area contributed by atoms with Gasteiger partial charge in [-0.3, -0.25) is 14.5 Å². The van der Waals surface area contributed by atoms with Crippen LogP contribution in [0.3, 0.4) is 0 Å². The number of thioether (sulfide) groups is 2. The van der Waals surface area contributed by atoms with Crippen LogP contribution in [0.1, 0.15) is 11.3 Å². The minimum Gasteiger partial charge on any atom is -0.477 e. The molecule has 2 aromatic heterocycles. The van der Waals surface area contributed by atoms with Crippen LogP contribution in [-0.4, -0.2) is 45.0 Å². The molecule has 2 aromatic carbocycles. The van der Waals surface area contributed by atoms with E-state index in [1.807, 2.05) is 36.4 Å². The third-order valence-corrected chi connectivity index (χ3v) is 9.13. The molecule has 11 heteroatoms. The molecular formula is C26H19ClN2O6S2. The third kappa shape index (κ3) is 4.18. The average Bonchev–Trinajstić information content (AvgIpc) is 3.53. The first kappa shape index (κ1) is 24.0. The molecule has 4 heterocycles. The summed E-state index contributed by atoms with van der Waals surface area (Å²) in [5.74, 6) is -0.770. The number of hydrogen-bond donors (Lipinski definition) is 2. The Bertz CT molecular complexity index is 1600. The minimum atomic E-state index is -1.18. The summed E-state index contributed by atoms with van der Waals surface area (Å²) in [4.78, 5) is 40.1. The molecule has 2 atom stereocenters. The van der Waals surface area contributed by atoms with Gasteiger partial charge in [0.15, 0.2) is 0 Å². The van der Waals surface area contributed by atoms with Crippen molar-refractivity contribution in [3.63, 3.8) is 0 Å². The number of benzene rings is 2. The van der Waals surface area contributed by atoms with Crippen molar-refractivity contribution in [3.8, 4) is 0 Å². The number of amides is 2. The minimum absolute atomic E-state index is 0.00749. The molecule has 1 fully saturated rings. The molecule has 4 aromatic rings. The standard InChI is InChI=1S/C26H19ClN2O6S2/c27-11-13-3-1-5-17-16-7-6-15(10-18(16)35-23(13)17)37-19-12-36-25-21(24(31)29(25)22(19)26(32)33)28-20(30)9-14-4-2-8-34-14/h1-8,10,21,25H,9,11-12H2,(H,28,30)(H,32,33)/t21-,25-/m1/s1. The van der Waals surface area contributed by atoms with Gasteiger partial charge in [0.05, 0.1) is 18.6 Å². The van der Waals surface area contributed by atoms with Crippen LogP contribution in [0.2, 0.25) is 0 Å². The molecule has 0 radical (unpaired) electrons. The predicted molar refractivity (Wildman–Crippen MR) is 141 cm³/mol. The number of fused-ring (bicyclic) bond motifs is 4. The highest BCUT2D eigenvalue weighted by Crippen LogP contribution is 2.46. The number of β-lactam (4-membered cyclic amide) rings is 1. The van der Waals surface area contributed by atoms with Crippen molar-refractivity contribution in [3.05, 3.63) is 76.7 Å². The molecule has 6 rings (SSSR count). The van der Waals surface area contributed by atoms with E-state index in [1.54, 1.807) is 12.1 Å². The van der Waals surface area contributed by atoms with Gasteiger partial charge in [-0.2, -0.15) is 0 Å². The van der Waals surface area contributed by atoms with E-state index >= 15 is 0 Å². The maximum absolute atomic E-state index is 12.9. The van der Waals surface area contributed by atoms with Gasteiger partial charge in [-0.05, 0) is 30.3 Å². The molecule has 2 N–H and O–H groups in total. The molecule has 37 heavy (non-hydrogen) atoms. The first-order valence-corrected chi connectivity index (χ1v) is 13.8. The van der Waals surface area contributed by atoms with Gasteiger partial charge in [-0.25, -0.2) is 4.79 Å². The first-order chi connectivity index (χ1) is 17.9. The number of carbonyl (C=O) groups excluding carboxylic acids is 2. The lowest BCUT2D eigenvalue weighted by molar-refractivity contribution is -0.150. The summed E-state index contributed by atoms with van der Waals surface area (Å²) in [6.45, 7) is 0. The highest BCUT2D eigenvalue weighted by atomic mass is 35.5. The number of nitrogens with zero attached hydrogens (tertiary/aromatic N) is 1. The number of nitrogens with one attached hydrogen (secondary N) is 1. The molecule has 2 aliphatic rings. The number of rotatable bonds is 7. The van der Waals surface area contributed by atoms with E-state index in [4.69, 9.17) is 20.4 Å². The quantitative estimate of drug-likeness (QED) is 0.244. The number of alkyl halides is 1. The van der Waals surface area contributed by atoms with Gasteiger partial charge < -0.3 is 19.3 Å². The van der Waals surface area contributed by atoms with Gasteiger partial charge in [0.25, 0.3) is 5.91 Å². The van der Waals surface area contributed by atoms with Gasteiger partial charge in [0.2, 0.25) is 5.91 Å². The number of halogens is 1. The fourth-order valence-electron chi connectivity index (χ4n) is 4.61. The van der Waals surface area contributed by atoms with Crippen molar-refractivity contribution >= 4 is 74.8 Å². The summed E-state index contributed by atoms with van der Waals surface area (Å²) in [5, 5.41) is 14.1. The zero-order valence-electron chi connectivity index (χ0n) is 19.1. The van der Waals surface area contributed by atoms with Crippen LogP contribution in [0, 0.1) is 0 Å². The normalized spacial score (nSPS) is 19.3. The Balaban J connectivity index is 1.24. The zero-order chi connectivity index (χ0) is 25.7. The predicted octanol–water partition coefficient (Wildman–Crippen LogP) is 4.95. The number of para-hydroxylation sites is 1. The SMILES string of the molecule is O=C(Cc1ccco1)N[C@@H]1C(=O)N2C(C(=O)O)=C(Sc3ccc4c(c3)oc3c(CCl)cccc34)CS[C@H]12. The second-order valence-electron chi connectivity index (χ2n) is 8.58. The average molecular weight is 555 g/mol. The highest BCUT2D eigenvalue weighted by Gasteiger charge is 2.54. The summed E-state index contributed by atoms with van der Waals surface area (Å²) < 4.78 is 11.3. The number of carbonyl (C=O) groups is 3.